The molecule has 0 aliphatic carbocycles. The van der Waals surface area contributed by atoms with Gasteiger partial charge in [0.15, 0.2) is 0 Å². The van der Waals surface area contributed by atoms with Crippen LogP contribution in [0.4, 0.5) is 0 Å². The van der Waals surface area contributed by atoms with Crippen LogP contribution in [-0.2, 0) is 6.42 Å². The lowest BCUT2D eigenvalue weighted by molar-refractivity contribution is 0.0953. The average Bonchev–Trinajstić information content (AvgIpc) is 2.28. The molecule has 0 radical (unpaired) electrons. The van der Waals surface area contributed by atoms with Crippen molar-refractivity contribution in [2.45, 2.75) is 26.7 Å². The van der Waals surface area contributed by atoms with Crippen molar-refractivity contribution in [1.82, 2.24) is 15.5 Å². The van der Waals surface area contributed by atoms with Gasteiger partial charge in [0.05, 0.1) is 21.9 Å². The van der Waals surface area contributed by atoms with Crippen molar-refractivity contribution in [2.75, 3.05) is 6.54 Å². The van der Waals surface area contributed by atoms with Crippen LogP contribution in [-0.4, -0.2) is 27.6 Å². The highest BCUT2D eigenvalue weighted by Gasteiger charge is 2.12. The van der Waals surface area contributed by atoms with Crippen LogP contribution < -0.4 is 11.1 Å². The number of amides is 1. The minimum Gasteiger partial charge on any atom is -0.393 e. The van der Waals surface area contributed by atoms with E-state index in [0.717, 1.165) is 5.69 Å². The summed E-state index contributed by atoms with van der Waals surface area (Å²) in [5.74, 6) is -0.156. The maximum absolute atomic E-state index is 11.9. The van der Waals surface area contributed by atoms with Crippen LogP contribution in [0.2, 0.25) is 0 Å². The van der Waals surface area contributed by atoms with Crippen molar-refractivity contribution < 1.29 is 4.79 Å². The predicted octanol–water partition coefficient (Wildman–Crippen LogP) is 0.753. The van der Waals surface area contributed by atoms with E-state index in [1.54, 1.807) is 13.0 Å². The van der Waals surface area contributed by atoms with E-state index in [0.29, 0.717) is 35.6 Å². The summed E-state index contributed by atoms with van der Waals surface area (Å²) in [6.07, 6.45) is 1.17. The van der Waals surface area contributed by atoms with E-state index in [1.165, 1.54) is 0 Å². The Balaban J connectivity index is 2.73. The Kier molecular flexibility index (Phi) is 4.96. The summed E-state index contributed by atoms with van der Waals surface area (Å²) < 4.78 is 0. The van der Waals surface area contributed by atoms with Crippen LogP contribution in [0, 0.1) is 6.92 Å². The minimum atomic E-state index is -0.156. The third-order valence-corrected chi connectivity index (χ3v) is 2.43. The lowest BCUT2D eigenvalue weighted by atomic mass is 10.1. The molecule has 0 aromatic carbocycles. The Morgan fingerprint density at radius 3 is 2.82 bits per heavy atom. The maximum Gasteiger partial charge on any atom is 0.253 e. The fraction of sp³-hybridized carbons (Fsp3) is 0.455. The van der Waals surface area contributed by atoms with Gasteiger partial charge >= 0.3 is 0 Å². The average molecular weight is 252 g/mol. The molecule has 0 spiro atoms. The first-order chi connectivity index (χ1) is 8.04. The Morgan fingerprint density at radius 2 is 2.24 bits per heavy atom. The molecule has 0 aliphatic rings. The molecular formula is C11H16N4OS. The maximum atomic E-state index is 11.9. The van der Waals surface area contributed by atoms with E-state index >= 15 is 0 Å². The number of aryl methyl sites for hydroxylation is 2. The minimum absolute atomic E-state index is 0.156. The van der Waals surface area contributed by atoms with Gasteiger partial charge in [-0.2, -0.15) is 10.2 Å². The van der Waals surface area contributed by atoms with E-state index in [1.807, 2.05) is 6.92 Å². The van der Waals surface area contributed by atoms with Crippen molar-refractivity contribution in [3.05, 3.63) is 23.0 Å². The number of rotatable bonds is 5. The van der Waals surface area contributed by atoms with E-state index in [9.17, 15) is 4.79 Å². The van der Waals surface area contributed by atoms with Gasteiger partial charge < -0.3 is 11.1 Å². The first-order valence-electron chi connectivity index (χ1n) is 5.44. The summed E-state index contributed by atoms with van der Waals surface area (Å²) in [7, 11) is 0. The lowest BCUT2D eigenvalue weighted by Crippen LogP contribution is -2.28. The number of nitrogens with zero attached hydrogens (tertiary/aromatic N) is 2. The van der Waals surface area contributed by atoms with Crippen molar-refractivity contribution in [3.63, 3.8) is 0 Å². The zero-order chi connectivity index (χ0) is 12.8. The van der Waals surface area contributed by atoms with Crippen LogP contribution >= 0.6 is 12.2 Å². The molecule has 0 saturated carbocycles. The number of nitrogens with one attached hydrogen (secondary N) is 1. The molecular weight excluding hydrogens is 236 g/mol. The molecule has 0 atom stereocenters. The van der Waals surface area contributed by atoms with Gasteiger partial charge in [-0.15, -0.1) is 0 Å². The molecule has 3 N–H and O–H groups in total. The molecule has 1 aromatic rings. The largest absolute Gasteiger partial charge is 0.393 e. The van der Waals surface area contributed by atoms with Crippen LogP contribution in [0.3, 0.4) is 0 Å². The van der Waals surface area contributed by atoms with Gasteiger partial charge in [0, 0.05) is 13.0 Å². The van der Waals surface area contributed by atoms with Gasteiger partial charge in [0.2, 0.25) is 0 Å². The highest BCUT2D eigenvalue weighted by molar-refractivity contribution is 7.80. The molecule has 0 aliphatic heterocycles. The van der Waals surface area contributed by atoms with E-state index < -0.39 is 0 Å². The standard InChI is InChI=1S/C11H16N4OS/c1-3-9-8(6-7(2)14-15-9)11(16)13-5-4-10(12)17/h6H,3-5H2,1-2H3,(H2,12,17)(H,13,16). The van der Waals surface area contributed by atoms with Gasteiger partial charge in [0.1, 0.15) is 0 Å². The normalized spacial score (nSPS) is 10.0. The number of hydrogen-bond acceptors (Lipinski definition) is 4. The lowest BCUT2D eigenvalue weighted by Gasteiger charge is -2.08. The highest BCUT2D eigenvalue weighted by Crippen LogP contribution is 2.07. The molecule has 0 saturated heterocycles. The molecule has 17 heavy (non-hydrogen) atoms. The molecule has 1 amide bonds. The SMILES string of the molecule is CCc1nnc(C)cc1C(=O)NCCC(N)=S. The summed E-state index contributed by atoms with van der Waals surface area (Å²) in [5, 5.41) is 10.7. The quantitative estimate of drug-likeness (QED) is 0.756. The van der Waals surface area contributed by atoms with Gasteiger partial charge in [0.25, 0.3) is 5.91 Å². The second kappa shape index (κ2) is 6.24. The zero-order valence-electron chi connectivity index (χ0n) is 9.99. The fourth-order valence-electron chi connectivity index (χ4n) is 1.37. The van der Waals surface area contributed by atoms with Gasteiger partial charge in [-0.3, -0.25) is 4.79 Å². The second-order valence-corrected chi connectivity index (χ2v) is 4.20. The third kappa shape index (κ3) is 4.07. The molecule has 92 valence electrons. The summed E-state index contributed by atoms with van der Waals surface area (Å²) in [6, 6.07) is 1.74. The van der Waals surface area contributed by atoms with Crippen molar-refractivity contribution >= 4 is 23.1 Å². The van der Waals surface area contributed by atoms with Crippen LogP contribution in [0.5, 0.6) is 0 Å². The fourth-order valence-corrected chi connectivity index (χ4v) is 1.47. The molecule has 0 fully saturated rings. The summed E-state index contributed by atoms with van der Waals surface area (Å²) in [6.45, 7) is 4.18. The third-order valence-electron chi connectivity index (χ3n) is 2.23. The van der Waals surface area contributed by atoms with E-state index in [-0.39, 0.29) is 5.91 Å². The van der Waals surface area contributed by atoms with E-state index in [4.69, 9.17) is 18.0 Å². The smallest absolute Gasteiger partial charge is 0.253 e. The Hall–Kier alpha value is -1.56. The molecule has 5 nitrogen and oxygen atoms in total. The van der Waals surface area contributed by atoms with Crippen LogP contribution in [0.15, 0.2) is 6.07 Å². The Morgan fingerprint density at radius 1 is 1.53 bits per heavy atom. The van der Waals surface area contributed by atoms with Crippen LogP contribution in [0.25, 0.3) is 0 Å². The van der Waals surface area contributed by atoms with Crippen molar-refractivity contribution in [3.8, 4) is 0 Å². The number of carbonyl (C=O) groups is 1. The molecule has 1 heterocycles. The predicted molar refractivity (Wildman–Crippen MR) is 69.9 cm³/mol. The second-order valence-electron chi connectivity index (χ2n) is 3.67. The number of nitrogens with two attached hydrogens (primary N) is 1. The number of aromatic nitrogens is 2. The molecule has 6 heteroatoms. The molecule has 1 aromatic heterocycles. The Labute approximate surface area is 106 Å². The van der Waals surface area contributed by atoms with Gasteiger partial charge in [-0.05, 0) is 19.4 Å². The van der Waals surface area contributed by atoms with Crippen molar-refractivity contribution in [2.24, 2.45) is 5.73 Å². The Bertz CT molecular complexity index is 433. The topological polar surface area (TPSA) is 80.9 Å². The molecule has 1 rings (SSSR count). The van der Waals surface area contributed by atoms with Crippen molar-refractivity contribution in [1.29, 1.82) is 0 Å². The van der Waals surface area contributed by atoms with E-state index in [2.05, 4.69) is 15.5 Å². The zero-order valence-corrected chi connectivity index (χ0v) is 10.8. The molecule has 0 unspecified atom stereocenters. The first-order valence-corrected chi connectivity index (χ1v) is 5.85. The highest BCUT2D eigenvalue weighted by atomic mass is 32.1. The van der Waals surface area contributed by atoms with Crippen LogP contribution in [0.1, 0.15) is 35.1 Å². The number of hydrogen-bond donors (Lipinski definition) is 2. The summed E-state index contributed by atoms with van der Waals surface area (Å²) >= 11 is 4.74. The molecule has 0 bridgehead atoms. The summed E-state index contributed by atoms with van der Waals surface area (Å²) in [5.41, 5.74) is 7.35. The number of thiocarbonyl (C=S) groups is 1. The van der Waals surface area contributed by atoms with Gasteiger partial charge in [-0.1, -0.05) is 19.1 Å². The monoisotopic (exact) mass is 252 g/mol. The summed E-state index contributed by atoms with van der Waals surface area (Å²) in [4.78, 5) is 12.3. The first kappa shape index (κ1) is 13.5. The van der Waals surface area contributed by atoms with Gasteiger partial charge in [-0.25, -0.2) is 0 Å². The number of carbonyl (C=O) groups excluding carboxylic acids is 1.